The fraction of sp³-hybridized carbons (Fsp3) is 0.385. The molecule has 0 aliphatic heterocycles. The quantitative estimate of drug-likeness (QED) is 0.923. The molecule has 0 spiro atoms. The average molecular weight is 330 g/mol. The molecule has 4 nitrogen and oxygen atoms in total. The standard InChI is InChI=1S/C13H13BrFNO3/c1-7(17)16(9-3-4-9)12(13(18)19)8-2-5-11(15)10(14)6-8/h2,5-6,9,12H,3-4H2,1H3,(H,18,19). The summed E-state index contributed by atoms with van der Waals surface area (Å²) in [6.07, 6.45) is 1.62. The molecule has 1 N–H and O–H groups in total. The number of carbonyl (C=O) groups is 2. The van der Waals surface area contributed by atoms with Crippen molar-refractivity contribution in [3.63, 3.8) is 0 Å². The molecule has 1 aromatic rings. The predicted octanol–water partition coefficient (Wildman–Crippen LogP) is 2.72. The molecule has 0 saturated heterocycles. The third-order valence-electron chi connectivity index (χ3n) is 3.08. The number of amides is 1. The first-order valence-corrected chi connectivity index (χ1v) is 6.67. The molecule has 1 aliphatic carbocycles. The van der Waals surface area contributed by atoms with Gasteiger partial charge in [-0.3, -0.25) is 4.79 Å². The van der Waals surface area contributed by atoms with Crippen molar-refractivity contribution in [2.24, 2.45) is 0 Å². The number of hydrogen-bond donors (Lipinski definition) is 1. The van der Waals surface area contributed by atoms with Crippen LogP contribution < -0.4 is 0 Å². The van der Waals surface area contributed by atoms with Crippen LogP contribution in [-0.2, 0) is 9.59 Å². The van der Waals surface area contributed by atoms with Crippen LogP contribution in [0.25, 0.3) is 0 Å². The summed E-state index contributed by atoms with van der Waals surface area (Å²) < 4.78 is 13.4. The second-order valence-electron chi connectivity index (χ2n) is 4.57. The van der Waals surface area contributed by atoms with Crippen molar-refractivity contribution in [2.75, 3.05) is 0 Å². The zero-order valence-corrected chi connectivity index (χ0v) is 11.9. The summed E-state index contributed by atoms with van der Waals surface area (Å²) in [5.74, 6) is -1.86. The third-order valence-corrected chi connectivity index (χ3v) is 3.68. The monoisotopic (exact) mass is 329 g/mol. The minimum atomic E-state index is -1.11. The van der Waals surface area contributed by atoms with Crippen molar-refractivity contribution in [1.82, 2.24) is 4.90 Å². The van der Waals surface area contributed by atoms with E-state index in [2.05, 4.69) is 15.9 Å². The number of rotatable bonds is 4. The van der Waals surface area contributed by atoms with Crippen LogP contribution in [-0.4, -0.2) is 27.9 Å². The van der Waals surface area contributed by atoms with E-state index in [1.54, 1.807) is 0 Å². The lowest BCUT2D eigenvalue weighted by molar-refractivity contribution is -0.150. The van der Waals surface area contributed by atoms with Gasteiger partial charge in [0.05, 0.1) is 4.47 Å². The summed E-state index contributed by atoms with van der Waals surface area (Å²) in [7, 11) is 0. The maximum absolute atomic E-state index is 13.2. The lowest BCUT2D eigenvalue weighted by Gasteiger charge is -2.28. The molecule has 0 heterocycles. The van der Waals surface area contributed by atoms with Gasteiger partial charge in [-0.15, -0.1) is 0 Å². The van der Waals surface area contributed by atoms with Gasteiger partial charge >= 0.3 is 5.97 Å². The fourth-order valence-corrected chi connectivity index (χ4v) is 2.50. The second-order valence-corrected chi connectivity index (χ2v) is 5.43. The lowest BCUT2D eigenvalue weighted by atomic mass is 10.0. The number of hydrogen-bond acceptors (Lipinski definition) is 2. The van der Waals surface area contributed by atoms with E-state index < -0.39 is 17.8 Å². The largest absolute Gasteiger partial charge is 0.479 e. The molecule has 1 unspecified atom stereocenters. The summed E-state index contributed by atoms with van der Waals surface area (Å²) in [5.41, 5.74) is 0.392. The van der Waals surface area contributed by atoms with Gasteiger partial charge in [-0.2, -0.15) is 0 Å². The number of aliphatic carboxylic acids is 1. The maximum Gasteiger partial charge on any atom is 0.331 e. The molecule has 1 saturated carbocycles. The molecule has 2 rings (SSSR count). The Labute approximate surface area is 118 Å². The first kappa shape index (κ1) is 14.0. The smallest absolute Gasteiger partial charge is 0.331 e. The molecular weight excluding hydrogens is 317 g/mol. The molecule has 6 heteroatoms. The van der Waals surface area contributed by atoms with Crippen molar-refractivity contribution in [2.45, 2.75) is 31.8 Å². The minimum absolute atomic E-state index is 0.0255. The Morgan fingerprint density at radius 2 is 2.11 bits per heavy atom. The van der Waals surface area contributed by atoms with Crippen LogP contribution in [0, 0.1) is 5.82 Å². The van der Waals surface area contributed by atoms with Gasteiger partial charge in [0.1, 0.15) is 5.82 Å². The molecule has 1 atom stereocenters. The predicted molar refractivity (Wildman–Crippen MR) is 70.0 cm³/mol. The van der Waals surface area contributed by atoms with Crippen LogP contribution in [0.4, 0.5) is 4.39 Å². The van der Waals surface area contributed by atoms with Gasteiger partial charge in [0, 0.05) is 13.0 Å². The van der Waals surface area contributed by atoms with Crippen LogP contribution in [0.1, 0.15) is 31.4 Å². The molecule has 1 fully saturated rings. The van der Waals surface area contributed by atoms with Gasteiger partial charge in [-0.1, -0.05) is 6.07 Å². The Morgan fingerprint density at radius 3 is 2.53 bits per heavy atom. The van der Waals surface area contributed by atoms with Crippen LogP contribution in [0.15, 0.2) is 22.7 Å². The fourth-order valence-electron chi connectivity index (χ4n) is 2.11. The number of halogens is 2. The SMILES string of the molecule is CC(=O)N(C1CC1)C(C(=O)O)c1ccc(F)c(Br)c1. The van der Waals surface area contributed by atoms with E-state index in [4.69, 9.17) is 0 Å². The molecule has 0 aromatic heterocycles. The van der Waals surface area contributed by atoms with E-state index in [0.717, 1.165) is 12.8 Å². The summed E-state index contributed by atoms with van der Waals surface area (Å²) in [5, 5.41) is 9.38. The summed E-state index contributed by atoms with van der Waals surface area (Å²) in [6, 6.07) is 2.91. The van der Waals surface area contributed by atoms with Gasteiger partial charge in [-0.25, -0.2) is 9.18 Å². The maximum atomic E-state index is 13.2. The van der Waals surface area contributed by atoms with E-state index in [0.29, 0.717) is 5.56 Å². The van der Waals surface area contributed by atoms with Crippen molar-refractivity contribution < 1.29 is 19.1 Å². The van der Waals surface area contributed by atoms with Crippen LogP contribution in [0.5, 0.6) is 0 Å². The van der Waals surface area contributed by atoms with E-state index in [-0.39, 0.29) is 16.4 Å². The number of carboxylic acid groups (broad SMARTS) is 1. The molecule has 19 heavy (non-hydrogen) atoms. The van der Waals surface area contributed by atoms with Gasteiger partial charge in [0.15, 0.2) is 6.04 Å². The van der Waals surface area contributed by atoms with E-state index in [1.807, 2.05) is 0 Å². The highest BCUT2D eigenvalue weighted by Gasteiger charge is 2.40. The normalized spacial score (nSPS) is 15.9. The summed E-state index contributed by atoms with van der Waals surface area (Å²) in [6.45, 7) is 1.35. The molecule has 0 bridgehead atoms. The number of carboxylic acids is 1. The number of nitrogens with zero attached hydrogens (tertiary/aromatic N) is 1. The van der Waals surface area contributed by atoms with Gasteiger partial charge < -0.3 is 10.0 Å². The topological polar surface area (TPSA) is 57.6 Å². The van der Waals surface area contributed by atoms with Crippen molar-refractivity contribution in [3.8, 4) is 0 Å². The molecule has 1 aromatic carbocycles. The van der Waals surface area contributed by atoms with E-state index in [1.165, 1.54) is 30.0 Å². The highest BCUT2D eigenvalue weighted by Crippen LogP contribution is 2.35. The van der Waals surface area contributed by atoms with Crippen LogP contribution in [0.2, 0.25) is 0 Å². The average Bonchev–Trinajstić information content (AvgIpc) is 3.12. The van der Waals surface area contributed by atoms with Crippen LogP contribution in [0.3, 0.4) is 0 Å². The van der Waals surface area contributed by atoms with Crippen LogP contribution >= 0.6 is 15.9 Å². The van der Waals surface area contributed by atoms with Gasteiger partial charge in [0.25, 0.3) is 0 Å². The Balaban J connectivity index is 2.41. The Morgan fingerprint density at radius 1 is 1.47 bits per heavy atom. The third kappa shape index (κ3) is 2.94. The first-order chi connectivity index (χ1) is 8.91. The lowest BCUT2D eigenvalue weighted by Crippen LogP contribution is -2.39. The molecular formula is C13H13BrFNO3. The zero-order valence-electron chi connectivity index (χ0n) is 10.3. The minimum Gasteiger partial charge on any atom is -0.479 e. The van der Waals surface area contributed by atoms with Gasteiger partial charge in [0.2, 0.25) is 5.91 Å². The van der Waals surface area contributed by atoms with Crippen molar-refractivity contribution >= 4 is 27.8 Å². The first-order valence-electron chi connectivity index (χ1n) is 5.88. The molecule has 1 aliphatic rings. The number of carbonyl (C=O) groups excluding carboxylic acids is 1. The zero-order chi connectivity index (χ0) is 14.2. The number of benzene rings is 1. The molecule has 0 radical (unpaired) electrons. The van der Waals surface area contributed by atoms with Crippen molar-refractivity contribution in [3.05, 3.63) is 34.1 Å². The Hall–Kier alpha value is -1.43. The highest BCUT2D eigenvalue weighted by molar-refractivity contribution is 9.10. The van der Waals surface area contributed by atoms with E-state index >= 15 is 0 Å². The molecule has 1 amide bonds. The second kappa shape index (κ2) is 5.28. The van der Waals surface area contributed by atoms with Crippen molar-refractivity contribution in [1.29, 1.82) is 0 Å². The van der Waals surface area contributed by atoms with Gasteiger partial charge in [-0.05, 0) is 46.5 Å². The summed E-state index contributed by atoms with van der Waals surface area (Å²) >= 11 is 3.03. The highest BCUT2D eigenvalue weighted by atomic mass is 79.9. The Bertz CT molecular complexity index is 531. The van der Waals surface area contributed by atoms with E-state index in [9.17, 15) is 19.1 Å². The Kier molecular flexibility index (Phi) is 3.89. The molecule has 102 valence electrons. The summed E-state index contributed by atoms with van der Waals surface area (Å²) in [4.78, 5) is 24.5.